The maximum atomic E-state index is 14.3. The van der Waals surface area contributed by atoms with Gasteiger partial charge < -0.3 is 44.1 Å². The van der Waals surface area contributed by atoms with Crippen LogP contribution in [0.4, 0.5) is 4.20 Å². The van der Waals surface area contributed by atoms with Crippen molar-refractivity contribution in [1.29, 1.82) is 0 Å². The molecule has 0 radical (unpaired) electrons. The number of likely N-dealkylation sites (tertiary alicyclic amines) is 2. The summed E-state index contributed by atoms with van der Waals surface area (Å²) in [7, 11) is 5.17. The molecule has 4 rings (SSSR count). The van der Waals surface area contributed by atoms with Crippen molar-refractivity contribution in [3.8, 4) is 0 Å². The number of carboxylic acid groups (broad SMARTS) is 1. The van der Waals surface area contributed by atoms with Crippen molar-refractivity contribution in [3.05, 3.63) is 42.6 Å². The van der Waals surface area contributed by atoms with Gasteiger partial charge in [0.25, 0.3) is 0 Å². The first-order valence-electron chi connectivity index (χ1n) is 30.9. The third-order valence-electron chi connectivity index (χ3n) is 16.0. The van der Waals surface area contributed by atoms with Crippen LogP contribution in [0.2, 0.25) is 0 Å². The molecule has 29 heteroatoms. The van der Waals surface area contributed by atoms with Gasteiger partial charge in [-0.25, -0.2) is 23.8 Å². The molecular formula is C60H103FN10O14P2S2. The third-order valence-corrected chi connectivity index (χ3v) is 18.5. The lowest BCUT2D eigenvalue weighted by atomic mass is 9.90. The van der Waals surface area contributed by atoms with Crippen LogP contribution in [0.15, 0.2) is 15.9 Å². The number of aliphatic carboxylic acids is 1. The number of hydrogen-bond donors (Lipinski definition) is 3. The Morgan fingerprint density at radius 3 is 1.47 bits per heavy atom. The number of hydrogen-bond acceptors (Lipinski definition) is 20. The molecule has 7 unspecified atom stereocenters. The molecule has 2 saturated heterocycles. The Kier molecular flexibility index (Phi) is 41.0. The van der Waals surface area contributed by atoms with Crippen LogP contribution in [-0.2, 0) is 47.7 Å². The van der Waals surface area contributed by atoms with Gasteiger partial charge in [0.1, 0.15) is 26.7 Å². The van der Waals surface area contributed by atoms with Crippen molar-refractivity contribution < 1.29 is 71.5 Å². The van der Waals surface area contributed by atoms with Crippen LogP contribution < -0.4 is 5.32 Å². The number of esters is 4. The highest BCUT2D eigenvalue weighted by molar-refractivity contribution is 8.06. The van der Waals surface area contributed by atoms with E-state index in [9.17, 15) is 42.6 Å². The maximum absolute atomic E-state index is 14.3. The van der Waals surface area contributed by atoms with Gasteiger partial charge in [-0.05, 0) is 108 Å². The molecular weight excluding hydrogens is 1230 g/mol. The molecule has 2 aromatic heterocycles. The highest BCUT2D eigenvalue weighted by atomic mass is 32.1. The van der Waals surface area contributed by atoms with Gasteiger partial charge >= 0.3 is 29.8 Å². The number of nitrogens with one attached hydrogen (secondary N) is 1. The van der Waals surface area contributed by atoms with Gasteiger partial charge in [0.2, 0.25) is 17.7 Å². The lowest BCUT2D eigenvalue weighted by molar-refractivity contribution is -0.160. The summed E-state index contributed by atoms with van der Waals surface area (Å²) in [6.45, 7) is 24.9. The minimum atomic E-state index is -0.901. The molecule has 0 aliphatic carbocycles. The van der Waals surface area contributed by atoms with Crippen LogP contribution in [0.1, 0.15) is 216 Å². The largest absolute Gasteiger partial charge is 0.480 e. The smallest absolute Gasteiger partial charge is 0.357 e. The van der Waals surface area contributed by atoms with E-state index in [1.165, 1.54) is 41.8 Å². The molecule has 0 aromatic carbocycles. The fraction of sp³-hybridized carbons (Fsp3) is 0.767. The van der Waals surface area contributed by atoms with Crippen LogP contribution in [0.25, 0.3) is 10.4 Å². The minimum absolute atomic E-state index is 0.0139. The van der Waals surface area contributed by atoms with Crippen molar-refractivity contribution in [3.63, 3.8) is 0 Å². The summed E-state index contributed by atoms with van der Waals surface area (Å²) in [5.41, 5.74) is 9.57. The molecule has 506 valence electrons. The number of amides is 3. The highest BCUT2D eigenvalue weighted by Gasteiger charge is 2.39. The number of aromatic nitrogens is 2. The van der Waals surface area contributed by atoms with E-state index in [2.05, 4.69) is 30.2 Å². The summed E-state index contributed by atoms with van der Waals surface area (Å²) >= 11 is 2.73. The Morgan fingerprint density at radius 2 is 1.13 bits per heavy atom. The topological polar surface area (TPSA) is 313 Å². The van der Waals surface area contributed by atoms with Crippen molar-refractivity contribution >= 4 is 87.3 Å². The number of halogens is 1. The summed E-state index contributed by atoms with van der Waals surface area (Å²) in [5, 5.41) is 20.4. The summed E-state index contributed by atoms with van der Waals surface area (Å²) in [5.74, 6) is -3.61. The summed E-state index contributed by atoms with van der Waals surface area (Å²) < 4.78 is 31.1. The Morgan fingerprint density at radius 1 is 0.719 bits per heavy atom. The molecule has 0 bridgehead atoms. The highest BCUT2D eigenvalue weighted by Crippen LogP contribution is 2.34. The predicted octanol–water partition coefficient (Wildman–Crippen LogP) is 11.5. The lowest BCUT2D eigenvalue weighted by Gasteiger charge is -2.39. The average Bonchev–Trinajstić information content (AvgIpc) is 2.42. The summed E-state index contributed by atoms with van der Waals surface area (Å²) in [6, 6.07) is -2.78. The summed E-state index contributed by atoms with van der Waals surface area (Å²) in [6.07, 6.45) is 10.00. The molecule has 12 atom stereocenters. The zero-order chi connectivity index (χ0) is 67.5. The van der Waals surface area contributed by atoms with Gasteiger partial charge in [0.15, 0.2) is 24.8 Å². The Bertz CT molecular complexity index is 2530. The van der Waals surface area contributed by atoms with Crippen LogP contribution in [-0.4, -0.2) is 178 Å². The first-order chi connectivity index (χ1) is 42.2. The normalized spacial score (nSPS) is 17.9. The second kappa shape index (κ2) is 44.5. The molecule has 2 aliphatic rings. The Hall–Kier alpha value is -5.00. The van der Waals surface area contributed by atoms with Crippen molar-refractivity contribution in [2.75, 3.05) is 54.9 Å². The summed E-state index contributed by atoms with van der Waals surface area (Å²) in [4.78, 5) is 127. The monoisotopic (exact) mass is 1330 g/mol. The number of nitrogens with zero attached hydrogens (tertiary/aromatic N) is 9. The Balaban J connectivity index is 0.000000737. The number of rotatable bonds is 31. The quantitative estimate of drug-likeness (QED) is 0.0120. The first-order valence-corrected chi connectivity index (χ1v) is 35.5. The number of piperidine rings is 2. The molecule has 24 nitrogen and oxygen atoms in total. The molecule has 2 aliphatic heterocycles. The van der Waals surface area contributed by atoms with E-state index in [0.717, 1.165) is 61.6 Å². The standard InChI is InChI=1S/C30H50N4O6S.C23H37N5O5S.C7H13NO2.FH3OP2/c1-9-13-25(35)40-18-34(24(19(3)4)16-21(6)28-31-22(17-41-28)30(38)39-8)29(37)26(20(5)10-2)32-27(36)23-14-11-12-15-33(23)7;1-8-10-19(29)33-13-28(22(30)20(26-27-24)15(5)9-2)18(14(3)4)11-16(6)21-25-17(12-34-21)23(31)32-7;1-8-5-3-2-4-6(8)7(9)10;1-3-4-2/h17,19-21,23-24,26H,9-16,18H2,1-8H3,(H,32,36);12,14-16,18,20H,8-11,13H2,1-7H3;6H,2-5H2,1H3,(H,9,10);2-4H/t20?,21-,23?,24-,26?;15?,16-,18-,20+;;/m11../s1. The maximum Gasteiger partial charge on any atom is 0.357 e. The second-order valence-corrected chi connectivity index (χ2v) is 26.8. The number of azide groups is 1. The van der Waals surface area contributed by atoms with Gasteiger partial charge in [-0.15, -0.1) is 22.7 Å². The molecule has 2 aromatic rings. The fourth-order valence-electron chi connectivity index (χ4n) is 10.1. The predicted molar refractivity (Wildman–Crippen MR) is 348 cm³/mol. The number of ether oxygens (including phenoxy) is 4. The number of carbonyl (C=O) groups excluding carboxylic acids is 7. The van der Waals surface area contributed by atoms with Crippen molar-refractivity contribution in [1.82, 2.24) is 34.9 Å². The molecule has 3 N–H and O–H groups in total. The van der Waals surface area contributed by atoms with Crippen LogP contribution in [0.5, 0.6) is 0 Å². The van der Waals surface area contributed by atoms with E-state index >= 15 is 0 Å². The zero-order valence-corrected chi connectivity index (χ0v) is 59.0. The molecule has 3 amide bonds. The molecule has 0 spiro atoms. The number of methoxy groups -OCH3 is 2. The van der Waals surface area contributed by atoms with E-state index in [-0.39, 0.29) is 127 Å². The molecule has 89 heavy (non-hydrogen) atoms. The van der Waals surface area contributed by atoms with E-state index in [1.807, 2.05) is 102 Å². The lowest BCUT2D eigenvalue weighted by Crippen LogP contribution is -2.59. The van der Waals surface area contributed by atoms with E-state index in [0.29, 0.717) is 38.5 Å². The molecule has 2 fully saturated rings. The van der Waals surface area contributed by atoms with Crippen LogP contribution in [0.3, 0.4) is 0 Å². The number of carbonyl (C=O) groups is 8. The zero-order valence-electron chi connectivity index (χ0n) is 55.3. The van der Waals surface area contributed by atoms with Gasteiger partial charge in [-0.1, -0.05) is 114 Å². The van der Waals surface area contributed by atoms with E-state index < -0.39 is 47.1 Å². The van der Waals surface area contributed by atoms with Gasteiger partial charge in [0, 0.05) is 52.4 Å². The third kappa shape index (κ3) is 28.2. The van der Waals surface area contributed by atoms with E-state index in [4.69, 9.17) is 34.5 Å². The van der Waals surface area contributed by atoms with Gasteiger partial charge in [-0.3, -0.25) is 38.6 Å². The minimum Gasteiger partial charge on any atom is -0.480 e. The first kappa shape index (κ1) is 82.0. The number of carboxylic acids is 1. The SMILES string of the molecule is CCCC(=O)OCN(C(=O)C(NC(=O)C1CCCCN1C)C(C)CC)[C@H](C[C@@H](C)c1nc(C(=O)OC)cs1)C(C)C.CCCC(=O)OCN(C(=O)[C@@H](N=[N+]=[N-])C(C)CC)[C@H](C[C@@H](C)c1nc(C(=O)OC)cs1)C(C)C.CN1CCCCC1C(=O)O.OPPF. The number of likely N-dealkylation sites (N-methyl/N-ethyl adjacent to an activating group) is 2. The van der Waals surface area contributed by atoms with E-state index in [1.54, 1.807) is 15.7 Å². The molecule has 0 saturated carbocycles. The van der Waals surface area contributed by atoms with Crippen molar-refractivity contribution in [2.24, 2.45) is 28.8 Å². The molecule has 4 heterocycles. The van der Waals surface area contributed by atoms with Crippen molar-refractivity contribution in [2.45, 2.75) is 221 Å². The van der Waals surface area contributed by atoms with Crippen LogP contribution >= 0.6 is 39.7 Å². The fourth-order valence-corrected chi connectivity index (χ4v) is 11.8. The number of thiazole rings is 2. The Labute approximate surface area is 538 Å². The van der Waals surface area contributed by atoms with Gasteiger partial charge in [0.05, 0.1) is 38.8 Å². The van der Waals surface area contributed by atoms with Crippen LogP contribution in [0, 0.1) is 23.7 Å². The second-order valence-electron chi connectivity index (χ2n) is 23.4. The average molecular weight is 1330 g/mol. The van der Waals surface area contributed by atoms with Gasteiger partial charge in [-0.2, -0.15) is 0 Å².